The highest BCUT2D eigenvalue weighted by molar-refractivity contribution is 6.12. The Morgan fingerprint density at radius 3 is 1.02 bits per heavy atom. The molecule has 0 saturated heterocycles. The Morgan fingerprint density at radius 2 is 0.544 bits per heavy atom. The third-order valence-corrected chi connectivity index (χ3v) is 11.8. The number of fused-ring (bicyclic) bond motifs is 9. The summed E-state index contributed by atoms with van der Waals surface area (Å²) >= 11 is 0. The molecular weight excluding hydrogens is 691 g/mol. The lowest BCUT2D eigenvalue weighted by molar-refractivity contribution is 1.13. The summed E-state index contributed by atoms with van der Waals surface area (Å²) in [4.78, 5) is 0. The van der Waals surface area contributed by atoms with E-state index in [1.807, 2.05) is 0 Å². The molecule has 9 aromatic carbocycles. The van der Waals surface area contributed by atoms with Gasteiger partial charge in [0.1, 0.15) is 0 Å². The first-order valence-electron chi connectivity index (χ1n) is 19.6. The second-order valence-corrected chi connectivity index (χ2v) is 15.0. The van der Waals surface area contributed by atoms with E-state index < -0.39 is 0 Å². The van der Waals surface area contributed by atoms with Crippen LogP contribution in [0, 0.1) is 0 Å². The van der Waals surface area contributed by atoms with Gasteiger partial charge in [-0.25, -0.2) is 0 Å². The zero-order valence-corrected chi connectivity index (χ0v) is 31.0. The predicted molar refractivity (Wildman–Crippen MR) is 240 cm³/mol. The molecule has 3 aromatic heterocycles. The fourth-order valence-corrected chi connectivity index (χ4v) is 9.27. The smallest absolute Gasteiger partial charge is 0.0541 e. The van der Waals surface area contributed by atoms with Gasteiger partial charge in [-0.1, -0.05) is 133 Å². The van der Waals surface area contributed by atoms with Crippen LogP contribution in [0.15, 0.2) is 212 Å². The molecule has 0 aliphatic heterocycles. The van der Waals surface area contributed by atoms with E-state index in [0.29, 0.717) is 0 Å². The van der Waals surface area contributed by atoms with Crippen molar-refractivity contribution in [2.24, 2.45) is 0 Å². The molecular formula is C54H35N3. The van der Waals surface area contributed by atoms with Crippen LogP contribution in [-0.2, 0) is 0 Å². The van der Waals surface area contributed by atoms with Crippen molar-refractivity contribution in [2.75, 3.05) is 0 Å². The number of hydrogen-bond donors (Lipinski definition) is 0. The number of benzene rings is 9. The Hall–Kier alpha value is -7.62. The minimum Gasteiger partial charge on any atom is -0.309 e. The fourth-order valence-electron chi connectivity index (χ4n) is 9.27. The van der Waals surface area contributed by atoms with E-state index in [2.05, 4.69) is 226 Å². The van der Waals surface area contributed by atoms with Crippen molar-refractivity contribution in [3.63, 3.8) is 0 Å². The Labute approximate surface area is 329 Å². The van der Waals surface area contributed by atoms with Gasteiger partial charge in [0, 0.05) is 49.4 Å². The molecule has 0 aliphatic rings. The first-order valence-corrected chi connectivity index (χ1v) is 19.6. The van der Waals surface area contributed by atoms with E-state index in [0.717, 1.165) is 17.1 Å². The van der Waals surface area contributed by atoms with Crippen molar-refractivity contribution < 1.29 is 0 Å². The highest BCUT2D eigenvalue weighted by Crippen LogP contribution is 2.39. The summed E-state index contributed by atoms with van der Waals surface area (Å²) < 4.78 is 7.21. The number of rotatable bonds is 5. The van der Waals surface area contributed by atoms with Gasteiger partial charge in [0.2, 0.25) is 0 Å². The molecule has 0 unspecified atom stereocenters. The zero-order valence-electron chi connectivity index (χ0n) is 31.0. The second-order valence-electron chi connectivity index (χ2n) is 15.0. The van der Waals surface area contributed by atoms with Crippen molar-refractivity contribution in [2.45, 2.75) is 0 Å². The second kappa shape index (κ2) is 12.5. The number of aromatic nitrogens is 3. The van der Waals surface area contributed by atoms with Crippen LogP contribution in [-0.4, -0.2) is 13.7 Å². The van der Waals surface area contributed by atoms with E-state index in [4.69, 9.17) is 0 Å². The monoisotopic (exact) mass is 725 g/mol. The lowest BCUT2D eigenvalue weighted by atomic mass is 10.0. The molecule has 3 nitrogen and oxygen atoms in total. The minimum absolute atomic E-state index is 1.13. The topological polar surface area (TPSA) is 14.8 Å². The molecule has 57 heavy (non-hydrogen) atoms. The van der Waals surface area contributed by atoms with Gasteiger partial charge in [-0.2, -0.15) is 0 Å². The summed E-state index contributed by atoms with van der Waals surface area (Å²) in [7, 11) is 0. The van der Waals surface area contributed by atoms with Gasteiger partial charge in [0.15, 0.2) is 0 Å². The molecule has 0 amide bonds. The van der Waals surface area contributed by atoms with Crippen molar-refractivity contribution in [3.05, 3.63) is 212 Å². The first kappa shape index (κ1) is 31.7. The van der Waals surface area contributed by atoms with Crippen LogP contribution in [0.3, 0.4) is 0 Å². The quantitative estimate of drug-likeness (QED) is 0.168. The summed E-state index contributed by atoms with van der Waals surface area (Å²) in [6.45, 7) is 0. The Bertz CT molecular complexity index is 3450. The molecule has 266 valence electrons. The highest BCUT2D eigenvalue weighted by Gasteiger charge is 2.17. The average molecular weight is 726 g/mol. The summed E-state index contributed by atoms with van der Waals surface area (Å²) in [5.41, 5.74) is 15.5. The van der Waals surface area contributed by atoms with Crippen LogP contribution in [0.5, 0.6) is 0 Å². The van der Waals surface area contributed by atoms with Gasteiger partial charge in [-0.05, 0) is 101 Å². The largest absolute Gasteiger partial charge is 0.309 e. The van der Waals surface area contributed by atoms with Crippen LogP contribution in [0.25, 0.3) is 105 Å². The molecule has 0 saturated carbocycles. The van der Waals surface area contributed by atoms with Crippen LogP contribution < -0.4 is 0 Å². The number of para-hydroxylation sites is 4. The van der Waals surface area contributed by atoms with E-state index in [1.54, 1.807) is 0 Å². The molecule has 0 fully saturated rings. The van der Waals surface area contributed by atoms with Crippen molar-refractivity contribution >= 4 is 65.4 Å². The van der Waals surface area contributed by atoms with Crippen LogP contribution in [0.2, 0.25) is 0 Å². The Morgan fingerprint density at radius 1 is 0.193 bits per heavy atom. The first-order chi connectivity index (χ1) is 28.3. The number of nitrogens with zero attached hydrogens (tertiary/aromatic N) is 3. The summed E-state index contributed by atoms with van der Waals surface area (Å²) in [6.07, 6.45) is 0. The Kier molecular flexibility index (Phi) is 6.93. The lowest BCUT2D eigenvalue weighted by Gasteiger charge is -2.13. The van der Waals surface area contributed by atoms with Gasteiger partial charge in [0.25, 0.3) is 0 Å². The summed E-state index contributed by atoms with van der Waals surface area (Å²) in [5, 5.41) is 7.54. The van der Waals surface area contributed by atoms with Gasteiger partial charge >= 0.3 is 0 Å². The standard InChI is InChI=1S/C54H35N3/c1-2-13-36(14-3-1)38-27-31-53-47(33-38)45-19-6-10-23-51(45)56(53)41-15-12-16-42(35-41)57-52-24-11-7-20-46(52)48-34-39(28-32-54(48)57)37-25-29-40(30-26-37)55-49-21-8-4-17-43(49)44-18-5-9-22-50(44)55/h1-35H. The van der Waals surface area contributed by atoms with Crippen molar-refractivity contribution in [1.82, 2.24) is 13.7 Å². The van der Waals surface area contributed by atoms with E-state index >= 15 is 0 Å². The van der Waals surface area contributed by atoms with E-state index in [9.17, 15) is 0 Å². The fraction of sp³-hybridized carbons (Fsp3) is 0. The molecule has 0 spiro atoms. The predicted octanol–water partition coefficient (Wildman–Crippen LogP) is 14.3. The third-order valence-electron chi connectivity index (χ3n) is 11.8. The number of hydrogen-bond acceptors (Lipinski definition) is 0. The molecule has 0 atom stereocenters. The van der Waals surface area contributed by atoms with Crippen molar-refractivity contribution in [3.8, 4) is 39.3 Å². The third kappa shape index (κ3) is 4.86. The van der Waals surface area contributed by atoms with Gasteiger partial charge in [0.05, 0.1) is 33.1 Å². The molecule has 0 N–H and O–H groups in total. The highest BCUT2D eigenvalue weighted by atomic mass is 15.0. The maximum absolute atomic E-state index is 2.42. The molecule has 3 heteroatoms. The van der Waals surface area contributed by atoms with Crippen LogP contribution >= 0.6 is 0 Å². The van der Waals surface area contributed by atoms with Crippen LogP contribution in [0.1, 0.15) is 0 Å². The SMILES string of the molecule is c1ccc(-c2ccc3c(c2)c2ccccc2n3-c2cccc(-n3c4ccccc4c4cc(-c5ccc(-n6c7ccccc7c7ccccc76)cc5)ccc43)c2)cc1. The van der Waals surface area contributed by atoms with Gasteiger partial charge < -0.3 is 13.7 Å². The van der Waals surface area contributed by atoms with E-state index in [1.165, 1.54) is 87.7 Å². The normalized spacial score (nSPS) is 11.9. The average Bonchev–Trinajstić information content (AvgIpc) is 3.92. The maximum atomic E-state index is 2.42. The van der Waals surface area contributed by atoms with Crippen molar-refractivity contribution in [1.29, 1.82) is 0 Å². The van der Waals surface area contributed by atoms with E-state index in [-0.39, 0.29) is 0 Å². The molecule has 12 rings (SSSR count). The van der Waals surface area contributed by atoms with Gasteiger partial charge in [-0.15, -0.1) is 0 Å². The summed E-state index contributed by atoms with van der Waals surface area (Å²) in [6, 6.07) is 77.4. The Balaban J connectivity index is 0.971. The zero-order chi connectivity index (χ0) is 37.5. The molecule has 0 radical (unpaired) electrons. The molecule has 12 aromatic rings. The maximum Gasteiger partial charge on any atom is 0.0541 e. The molecule has 0 bridgehead atoms. The van der Waals surface area contributed by atoms with Gasteiger partial charge in [-0.3, -0.25) is 0 Å². The lowest BCUT2D eigenvalue weighted by Crippen LogP contribution is -1.98. The molecule has 0 aliphatic carbocycles. The van der Waals surface area contributed by atoms with Crippen LogP contribution in [0.4, 0.5) is 0 Å². The molecule has 3 heterocycles. The summed E-state index contributed by atoms with van der Waals surface area (Å²) in [5.74, 6) is 0. The minimum atomic E-state index is 1.13.